The normalized spacial score (nSPS) is 14.1. The lowest BCUT2D eigenvalue weighted by Gasteiger charge is -2.36. The number of pyridine rings is 1. The molecule has 3 aromatic rings. The Morgan fingerprint density at radius 1 is 1.08 bits per heavy atom. The van der Waals surface area contributed by atoms with Crippen LogP contribution in [0.25, 0.3) is 0 Å². The minimum absolute atomic E-state index is 0.00802. The lowest BCUT2D eigenvalue weighted by Crippen LogP contribution is -2.50. The molecule has 1 fully saturated rings. The average Bonchev–Trinajstić information content (AvgIpc) is 3.14. The van der Waals surface area contributed by atoms with Crippen LogP contribution in [0.1, 0.15) is 21.7 Å². The van der Waals surface area contributed by atoms with E-state index in [1.54, 1.807) is 27.8 Å². The van der Waals surface area contributed by atoms with Crippen LogP contribution in [0.2, 0.25) is 5.02 Å². The number of carbonyl (C=O) groups is 2. The first-order chi connectivity index (χ1) is 17.0. The second kappa shape index (κ2) is 10.3. The molecule has 0 saturated carbocycles. The Hall–Kier alpha value is -3.44. The van der Waals surface area contributed by atoms with E-state index < -0.39 is 15.7 Å². The summed E-state index contributed by atoms with van der Waals surface area (Å²) in [5.41, 5.74) is 2.39. The lowest BCUT2D eigenvalue weighted by atomic mass is 10.2. The van der Waals surface area contributed by atoms with Crippen LogP contribution in [-0.4, -0.2) is 72.3 Å². The highest BCUT2D eigenvalue weighted by Crippen LogP contribution is 2.28. The van der Waals surface area contributed by atoms with E-state index in [-0.39, 0.29) is 23.0 Å². The molecule has 1 saturated heterocycles. The van der Waals surface area contributed by atoms with Crippen LogP contribution >= 0.6 is 11.6 Å². The van der Waals surface area contributed by atoms with Gasteiger partial charge in [0, 0.05) is 54.9 Å². The first-order valence-corrected chi connectivity index (χ1v) is 13.6. The summed E-state index contributed by atoms with van der Waals surface area (Å²) in [6.45, 7) is 5.81. The molecular formula is C24H27ClN6O4S. The van der Waals surface area contributed by atoms with Gasteiger partial charge in [-0.25, -0.2) is 13.4 Å². The van der Waals surface area contributed by atoms with Crippen molar-refractivity contribution in [3.05, 3.63) is 64.6 Å². The fourth-order valence-electron chi connectivity index (χ4n) is 4.04. The Morgan fingerprint density at radius 3 is 2.42 bits per heavy atom. The lowest BCUT2D eigenvalue weighted by molar-refractivity contribution is -0.132. The fraction of sp³-hybridized carbons (Fsp3) is 0.333. The maximum Gasteiger partial charge on any atom is 0.255 e. The molecule has 190 valence electrons. The third-order valence-electron chi connectivity index (χ3n) is 5.93. The van der Waals surface area contributed by atoms with Crippen LogP contribution in [-0.2, 0) is 21.2 Å². The number of aryl methyl sites for hydroxylation is 2. The number of halogens is 1. The number of nitrogens with one attached hydrogen (secondary N) is 1. The van der Waals surface area contributed by atoms with Gasteiger partial charge in [0.15, 0.2) is 15.7 Å². The zero-order valence-corrected chi connectivity index (χ0v) is 21.8. The van der Waals surface area contributed by atoms with Crippen molar-refractivity contribution in [2.24, 2.45) is 0 Å². The van der Waals surface area contributed by atoms with Gasteiger partial charge in [-0.2, -0.15) is 5.10 Å². The quantitative estimate of drug-likeness (QED) is 0.520. The van der Waals surface area contributed by atoms with E-state index in [4.69, 9.17) is 11.6 Å². The van der Waals surface area contributed by atoms with Crippen molar-refractivity contribution in [1.82, 2.24) is 19.7 Å². The van der Waals surface area contributed by atoms with Gasteiger partial charge in [-0.05, 0) is 44.2 Å². The standard InChI is InChI=1S/C24H27ClN6O4S/c1-16-11-17(2)31(28-16)15-22(32)29-7-9-30(10-8-29)23-21(13-20(14-26-23)36(3,34)35)27-24(33)18-5-4-6-19(25)12-18/h4-6,11-14H,7-10,15H2,1-3H3,(H,27,33). The van der Waals surface area contributed by atoms with Crippen molar-refractivity contribution in [2.75, 3.05) is 42.7 Å². The zero-order chi connectivity index (χ0) is 26.0. The Labute approximate surface area is 214 Å². The number of aromatic nitrogens is 3. The van der Waals surface area contributed by atoms with Crippen molar-refractivity contribution in [2.45, 2.75) is 25.3 Å². The third kappa shape index (κ3) is 5.85. The number of rotatable bonds is 6. The van der Waals surface area contributed by atoms with Gasteiger partial charge in [-0.15, -0.1) is 0 Å². The van der Waals surface area contributed by atoms with Gasteiger partial charge in [0.2, 0.25) is 5.91 Å². The Morgan fingerprint density at radius 2 is 1.81 bits per heavy atom. The number of amides is 2. The van der Waals surface area contributed by atoms with Gasteiger partial charge in [-0.1, -0.05) is 17.7 Å². The molecule has 2 aromatic heterocycles. The van der Waals surface area contributed by atoms with Crippen molar-refractivity contribution < 1.29 is 18.0 Å². The van der Waals surface area contributed by atoms with Gasteiger partial charge >= 0.3 is 0 Å². The van der Waals surface area contributed by atoms with Crippen molar-refractivity contribution >= 4 is 44.8 Å². The molecule has 1 aliphatic heterocycles. The number of hydrogen-bond donors (Lipinski definition) is 1. The second-order valence-corrected chi connectivity index (χ2v) is 11.2. The third-order valence-corrected chi connectivity index (χ3v) is 7.24. The van der Waals surface area contributed by atoms with Gasteiger partial charge in [-0.3, -0.25) is 14.3 Å². The molecule has 12 heteroatoms. The summed E-state index contributed by atoms with van der Waals surface area (Å²) >= 11 is 6.01. The summed E-state index contributed by atoms with van der Waals surface area (Å²) in [6, 6.07) is 9.78. The molecule has 2 amide bonds. The molecule has 1 N–H and O–H groups in total. The van der Waals surface area contributed by atoms with E-state index >= 15 is 0 Å². The van der Waals surface area contributed by atoms with E-state index in [1.165, 1.54) is 18.3 Å². The van der Waals surface area contributed by atoms with E-state index in [9.17, 15) is 18.0 Å². The highest BCUT2D eigenvalue weighted by molar-refractivity contribution is 7.90. The second-order valence-electron chi connectivity index (χ2n) is 8.73. The highest BCUT2D eigenvalue weighted by Gasteiger charge is 2.26. The van der Waals surface area contributed by atoms with Crippen LogP contribution < -0.4 is 10.2 Å². The van der Waals surface area contributed by atoms with Crippen LogP contribution in [0.3, 0.4) is 0 Å². The largest absolute Gasteiger partial charge is 0.351 e. The summed E-state index contributed by atoms with van der Waals surface area (Å²) in [6.07, 6.45) is 2.36. The summed E-state index contributed by atoms with van der Waals surface area (Å²) < 4.78 is 26.0. The van der Waals surface area contributed by atoms with Gasteiger partial charge in [0.25, 0.3) is 5.91 Å². The molecule has 0 aliphatic carbocycles. The smallest absolute Gasteiger partial charge is 0.255 e. The molecule has 0 radical (unpaired) electrons. The zero-order valence-electron chi connectivity index (χ0n) is 20.2. The molecule has 0 unspecified atom stereocenters. The molecular weight excluding hydrogens is 504 g/mol. The number of piperazine rings is 1. The molecule has 0 spiro atoms. The number of hydrogen-bond acceptors (Lipinski definition) is 7. The Bertz CT molecular complexity index is 1410. The van der Waals surface area contributed by atoms with Crippen LogP contribution in [0.4, 0.5) is 11.5 Å². The maximum absolute atomic E-state index is 12.9. The molecule has 3 heterocycles. The number of benzene rings is 1. The topological polar surface area (TPSA) is 118 Å². The van der Waals surface area contributed by atoms with E-state index in [0.717, 1.165) is 17.6 Å². The molecule has 1 aromatic carbocycles. The van der Waals surface area contributed by atoms with Gasteiger partial charge in [0.1, 0.15) is 6.54 Å². The summed E-state index contributed by atoms with van der Waals surface area (Å²) in [5.74, 6) is -0.0379. The summed E-state index contributed by atoms with van der Waals surface area (Å²) in [4.78, 5) is 33.8. The Kier molecular flexibility index (Phi) is 7.32. The van der Waals surface area contributed by atoms with E-state index in [2.05, 4.69) is 15.4 Å². The summed E-state index contributed by atoms with van der Waals surface area (Å²) in [7, 11) is -3.55. The Balaban J connectivity index is 1.51. The van der Waals surface area contributed by atoms with E-state index in [1.807, 2.05) is 24.8 Å². The number of sulfone groups is 1. The molecule has 36 heavy (non-hydrogen) atoms. The minimum Gasteiger partial charge on any atom is -0.351 e. The molecule has 10 nitrogen and oxygen atoms in total. The van der Waals surface area contributed by atoms with Gasteiger partial charge < -0.3 is 15.1 Å². The average molecular weight is 531 g/mol. The summed E-state index contributed by atoms with van der Waals surface area (Å²) in [5, 5.41) is 7.55. The van der Waals surface area contributed by atoms with Crippen LogP contribution in [0.5, 0.6) is 0 Å². The van der Waals surface area contributed by atoms with Crippen LogP contribution in [0.15, 0.2) is 47.5 Å². The van der Waals surface area contributed by atoms with Crippen molar-refractivity contribution in [3.8, 4) is 0 Å². The maximum atomic E-state index is 12.9. The SMILES string of the molecule is Cc1cc(C)n(CC(=O)N2CCN(c3ncc(S(C)(=O)=O)cc3NC(=O)c3cccc(Cl)c3)CC2)n1. The molecule has 0 atom stereocenters. The fourth-order valence-corrected chi connectivity index (χ4v) is 4.81. The first-order valence-electron chi connectivity index (χ1n) is 11.3. The number of anilines is 2. The first kappa shape index (κ1) is 25.6. The molecule has 0 bridgehead atoms. The molecule has 4 rings (SSSR count). The van der Waals surface area contributed by atoms with E-state index in [0.29, 0.717) is 42.6 Å². The molecule has 1 aliphatic rings. The monoisotopic (exact) mass is 530 g/mol. The number of carbonyl (C=O) groups excluding carboxylic acids is 2. The van der Waals surface area contributed by atoms with Gasteiger partial charge in [0.05, 0.1) is 16.3 Å². The highest BCUT2D eigenvalue weighted by atomic mass is 35.5. The number of nitrogens with zero attached hydrogens (tertiary/aromatic N) is 5. The minimum atomic E-state index is -3.55. The predicted molar refractivity (Wildman–Crippen MR) is 137 cm³/mol. The van der Waals surface area contributed by atoms with Crippen molar-refractivity contribution in [3.63, 3.8) is 0 Å². The van der Waals surface area contributed by atoms with Crippen molar-refractivity contribution in [1.29, 1.82) is 0 Å². The predicted octanol–water partition coefficient (Wildman–Crippen LogP) is 2.55. The van der Waals surface area contributed by atoms with Crippen LogP contribution in [0, 0.1) is 13.8 Å².